The van der Waals surface area contributed by atoms with Crippen molar-refractivity contribution in [3.8, 4) is 0 Å². The van der Waals surface area contributed by atoms with Crippen LogP contribution in [-0.4, -0.2) is 61.9 Å². The van der Waals surface area contributed by atoms with Crippen LogP contribution in [0.25, 0.3) is 0 Å². The summed E-state index contributed by atoms with van der Waals surface area (Å²) in [6, 6.07) is 0. The zero-order valence-corrected chi connectivity index (χ0v) is 12.2. The average molecular weight is 258 g/mol. The maximum Gasteiger partial charge on any atom is 0.327 e. The van der Waals surface area contributed by atoms with Crippen molar-refractivity contribution in [3.63, 3.8) is 0 Å². The summed E-state index contributed by atoms with van der Waals surface area (Å²) >= 11 is 0. The highest BCUT2D eigenvalue weighted by molar-refractivity contribution is 5.80. The second-order valence-electron chi connectivity index (χ2n) is 5.62. The van der Waals surface area contributed by atoms with Crippen molar-refractivity contribution in [2.75, 3.05) is 39.9 Å². The minimum absolute atomic E-state index is 0.151. The van der Waals surface area contributed by atoms with Crippen molar-refractivity contribution >= 4 is 5.97 Å². The van der Waals surface area contributed by atoms with Gasteiger partial charge in [-0.15, -0.1) is 0 Å². The van der Waals surface area contributed by atoms with Gasteiger partial charge in [0.05, 0.1) is 18.8 Å². The molecular weight excluding hydrogens is 232 g/mol. The average Bonchev–Trinajstić information content (AvgIpc) is 2.27. The number of ether oxygens (including phenoxy) is 2. The molecule has 1 unspecified atom stereocenters. The molecule has 0 amide bonds. The molecule has 0 radical (unpaired) electrons. The van der Waals surface area contributed by atoms with Gasteiger partial charge in [-0.1, -0.05) is 0 Å². The fourth-order valence-electron chi connectivity index (χ4n) is 2.23. The lowest BCUT2D eigenvalue weighted by Gasteiger charge is -2.41. The summed E-state index contributed by atoms with van der Waals surface area (Å²) in [6.45, 7) is 11.3. The summed E-state index contributed by atoms with van der Waals surface area (Å²) in [4.78, 5) is 14.2. The molecule has 18 heavy (non-hydrogen) atoms. The van der Waals surface area contributed by atoms with Gasteiger partial charge in [-0.05, 0) is 34.7 Å². The van der Waals surface area contributed by atoms with Gasteiger partial charge in [0.25, 0.3) is 0 Å². The normalized spacial score (nSPS) is 23.4. The van der Waals surface area contributed by atoms with Crippen LogP contribution in [0.3, 0.4) is 0 Å². The highest BCUT2D eigenvalue weighted by atomic mass is 16.5. The van der Waals surface area contributed by atoms with Crippen molar-refractivity contribution in [3.05, 3.63) is 0 Å². The molecule has 1 saturated heterocycles. The Kier molecular flexibility index (Phi) is 5.13. The molecule has 1 aliphatic rings. The van der Waals surface area contributed by atoms with E-state index in [0.717, 1.165) is 13.1 Å². The Morgan fingerprint density at radius 1 is 1.56 bits per heavy atom. The van der Waals surface area contributed by atoms with Crippen molar-refractivity contribution in [1.29, 1.82) is 0 Å². The first-order valence-corrected chi connectivity index (χ1v) is 6.55. The van der Waals surface area contributed by atoms with Gasteiger partial charge < -0.3 is 14.8 Å². The summed E-state index contributed by atoms with van der Waals surface area (Å²) < 4.78 is 10.8. The Morgan fingerprint density at radius 3 is 2.72 bits per heavy atom. The lowest BCUT2D eigenvalue weighted by atomic mass is 9.99. The maximum absolute atomic E-state index is 12.0. The van der Waals surface area contributed by atoms with E-state index in [4.69, 9.17) is 9.47 Å². The Labute approximate surface area is 110 Å². The molecule has 5 nitrogen and oxygen atoms in total. The summed E-state index contributed by atoms with van der Waals surface area (Å²) in [5.74, 6) is -0.197. The molecule has 1 heterocycles. The quantitative estimate of drug-likeness (QED) is 0.733. The van der Waals surface area contributed by atoms with Crippen molar-refractivity contribution in [1.82, 2.24) is 10.2 Å². The van der Waals surface area contributed by atoms with E-state index in [0.29, 0.717) is 19.8 Å². The van der Waals surface area contributed by atoms with Crippen molar-refractivity contribution < 1.29 is 14.3 Å². The fourth-order valence-corrected chi connectivity index (χ4v) is 2.23. The van der Waals surface area contributed by atoms with Crippen molar-refractivity contribution in [2.24, 2.45) is 0 Å². The Bertz CT molecular complexity index is 294. The number of hydrogen-bond acceptors (Lipinski definition) is 5. The number of carbonyl (C=O) groups excluding carboxylic acids is 1. The maximum atomic E-state index is 12.0. The predicted octanol–water partition coefficient (Wildman–Crippen LogP) is 0.638. The largest absolute Gasteiger partial charge is 0.465 e. The summed E-state index contributed by atoms with van der Waals surface area (Å²) in [6.07, 6.45) is 0. The third-order valence-corrected chi connectivity index (χ3v) is 3.32. The third-order valence-electron chi connectivity index (χ3n) is 3.32. The first-order valence-electron chi connectivity index (χ1n) is 6.55. The van der Waals surface area contributed by atoms with Gasteiger partial charge >= 0.3 is 5.97 Å². The second-order valence-corrected chi connectivity index (χ2v) is 5.62. The second kappa shape index (κ2) is 5.99. The van der Waals surface area contributed by atoms with Crippen LogP contribution in [0, 0.1) is 0 Å². The molecule has 1 N–H and O–H groups in total. The van der Waals surface area contributed by atoms with Crippen LogP contribution in [0.15, 0.2) is 0 Å². The lowest BCUT2D eigenvalue weighted by Crippen LogP contribution is -2.60. The third kappa shape index (κ3) is 3.93. The molecule has 1 aliphatic heterocycles. The van der Waals surface area contributed by atoms with Gasteiger partial charge in [-0.25, -0.2) is 0 Å². The topological polar surface area (TPSA) is 50.8 Å². The minimum Gasteiger partial charge on any atom is -0.465 e. The van der Waals surface area contributed by atoms with Gasteiger partial charge in [-0.2, -0.15) is 0 Å². The molecule has 0 aromatic heterocycles. The van der Waals surface area contributed by atoms with E-state index in [1.807, 2.05) is 13.8 Å². The van der Waals surface area contributed by atoms with Gasteiger partial charge in [0.1, 0.15) is 5.54 Å². The van der Waals surface area contributed by atoms with E-state index in [2.05, 4.69) is 24.1 Å². The Hall–Kier alpha value is -0.650. The smallest absolute Gasteiger partial charge is 0.327 e. The summed E-state index contributed by atoms with van der Waals surface area (Å²) in [5.41, 5.74) is -0.814. The standard InChI is InChI=1S/C13H26N2O3/c1-6-17-11(16)13(4,14-5)10-15-7-8-18-12(2,3)9-15/h14H,6-10H2,1-5H3. The van der Waals surface area contributed by atoms with Crippen LogP contribution in [-0.2, 0) is 14.3 Å². The highest BCUT2D eigenvalue weighted by Crippen LogP contribution is 2.19. The van der Waals surface area contributed by atoms with Crippen LogP contribution < -0.4 is 5.32 Å². The zero-order chi connectivity index (χ0) is 13.8. The molecule has 1 fully saturated rings. The molecule has 0 aromatic rings. The zero-order valence-electron chi connectivity index (χ0n) is 12.2. The highest BCUT2D eigenvalue weighted by Gasteiger charge is 2.37. The monoisotopic (exact) mass is 258 g/mol. The molecule has 0 aromatic carbocycles. The molecule has 1 atom stereocenters. The molecular formula is C13H26N2O3. The summed E-state index contributed by atoms with van der Waals surface area (Å²) in [5, 5.41) is 3.08. The fraction of sp³-hybridized carbons (Fsp3) is 0.923. The van der Waals surface area contributed by atoms with E-state index < -0.39 is 5.54 Å². The van der Waals surface area contributed by atoms with Gasteiger partial charge in [0.2, 0.25) is 0 Å². The van der Waals surface area contributed by atoms with E-state index in [9.17, 15) is 4.79 Å². The summed E-state index contributed by atoms with van der Waals surface area (Å²) in [7, 11) is 1.79. The Balaban J connectivity index is 2.64. The van der Waals surface area contributed by atoms with Crippen LogP contribution in [0.1, 0.15) is 27.7 Å². The number of likely N-dealkylation sites (N-methyl/N-ethyl adjacent to an activating group) is 1. The van der Waals surface area contributed by atoms with Crippen LogP contribution >= 0.6 is 0 Å². The SMILES string of the molecule is CCOC(=O)C(C)(CN1CCOC(C)(C)C1)NC. The van der Waals surface area contributed by atoms with Crippen molar-refractivity contribution in [2.45, 2.75) is 38.8 Å². The number of esters is 1. The number of morpholine rings is 1. The van der Waals surface area contributed by atoms with E-state index in [-0.39, 0.29) is 11.6 Å². The van der Waals surface area contributed by atoms with E-state index in [1.54, 1.807) is 7.05 Å². The first kappa shape index (κ1) is 15.4. The molecule has 0 aliphatic carbocycles. The number of carbonyl (C=O) groups is 1. The van der Waals surface area contributed by atoms with E-state index in [1.165, 1.54) is 0 Å². The van der Waals surface area contributed by atoms with Crippen LogP contribution in [0.5, 0.6) is 0 Å². The minimum atomic E-state index is -0.663. The first-order chi connectivity index (χ1) is 8.33. The van der Waals surface area contributed by atoms with E-state index >= 15 is 0 Å². The van der Waals surface area contributed by atoms with Gasteiger partial charge in [-0.3, -0.25) is 9.69 Å². The van der Waals surface area contributed by atoms with Gasteiger partial charge in [0.15, 0.2) is 0 Å². The van der Waals surface area contributed by atoms with Gasteiger partial charge in [0, 0.05) is 19.6 Å². The molecule has 5 heteroatoms. The number of nitrogens with zero attached hydrogens (tertiary/aromatic N) is 1. The van der Waals surface area contributed by atoms with Crippen LogP contribution in [0.2, 0.25) is 0 Å². The molecule has 1 rings (SSSR count). The predicted molar refractivity (Wildman–Crippen MR) is 70.6 cm³/mol. The Morgan fingerprint density at radius 2 is 2.22 bits per heavy atom. The lowest BCUT2D eigenvalue weighted by molar-refractivity contribution is -0.153. The number of nitrogens with one attached hydrogen (secondary N) is 1. The number of hydrogen-bond donors (Lipinski definition) is 1. The molecule has 0 saturated carbocycles. The number of rotatable bonds is 5. The van der Waals surface area contributed by atoms with Crippen LogP contribution in [0.4, 0.5) is 0 Å². The molecule has 0 spiro atoms. The molecule has 0 bridgehead atoms. The molecule has 106 valence electrons.